The fourth-order valence-corrected chi connectivity index (χ4v) is 3.40. The second-order valence-electron chi connectivity index (χ2n) is 5.70. The predicted molar refractivity (Wildman–Crippen MR) is 98.5 cm³/mol. The molecule has 2 aromatic rings. The molecule has 0 unspecified atom stereocenters. The molecule has 0 aliphatic rings. The van der Waals surface area contributed by atoms with Gasteiger partial charge < -0.3 is 5.32 Å². The number of rotatable bonds is 8. The first-order valence-corrected chi connectivity index (χ1v) is 9.16. The van der Waals surface area contributed by atoms with Crippen LogP contribution in [0.3, 0.4) is 0 Å². The van der Waals surface area contributed by atoms with Crippen LogP contribution in [0.4, 0.5) is 0 Å². The molecule has 0 fully saturated rings. The fourth-order valence-electron chi connectivity index (χ4n) is 2.69. The molecule has 1 aromatic heterocycles. The minimum Gasteiger partial charge on any atom is -0.347 e. The standard InChI is InChI=1S/C19H24N2O2S/c1-4-21(5-2)17(16-10-11-24-13-16)12-20-19(23)18(22)15-8-6-14(3)7-9-15/h6-11,13,17H,4-5,12H2,1-3H3,(H,20,23)/t17-/m0/s1. The molecule has 0 radical (unpaired) electrons. The number of hydrogen-bond acceptors (Lipinski definition) is 4. The van der Waals surface area contributed by atoms with Crippen LogP contribution >= 0.6 is 11.3 Å². The summed E-state index contributed by atoms with van der Waals surface area (Å²) in [6, 6.07) is 9.22. The number of thiophene rings is 1. The minimum atomic E-state index is -0.550. The fraction of sp³-hybridized carbons (Fsp3) is 0.368. The van der Waals surface area contributed by atoms with Crippen molar-refractivity contribution in [2.45, 2.75) is 26.8 Å². The largest absolute Gasteiger partial charge is 0.347 e. The summed E-state index contributed by atoms with van der Waals surface area (Å²) in [6.45, 7) is 8.35. The molecule has 1 aromatic carbocycles. The van der Waals surface area contributed by atoms with Crippen LogP contribution in [-0.4, -0.2) is 36.2 Å². The van der Waals surface area contributed by atoms with E-state index in [0.29, 0.717) is 12.1 Å². The minimum absolute atomic E-state index is 0.0843. The predicted octanol–water partition coefficient (Wildman–Crippen LogP) is 3.44. The molecule has 1 N–H and O–H groups in total. The van der Waals surface area contributed by atoms with Crippen LogP contribution in [0.2, 0.25) is 0 Å². The topological polar surface area (TPSA) is 49.4 Å². The number of carbonyl (C=O) groups is 2. The van der Waals surface area contributed by atoms with E-state index >= 15 is 0 Å². The van der Waals surface area contributed by atoms with Crippen molar-refractivity contribution in [2.24, 2.45) is 0 Å². The molecule has 24 heavy (non-hydrogen) atoms. The van der Waals surface area contributed by atoms with Gasteiger partial charge in [0.05, 0.1) is 6.04 Å². The van der Waals surface area contributed by atoms with Gasteiger partial charge in [0.15, 0.2) is 0 Å². The van der Waals surface area contributed by atoms with E-state index in [1.54, 1.807) is 23.5 Å². The zero-order chi connectivity index (χ0) is 17.5. The summed E-state index contributed by atoms with van der Waals surface area (Å²) >= 11 is 1.64. The molecule has 0 aliphatic heterocycles. The Hall–Kier alpha value is -1.98. The Morgan fingerprint density at radius 1 is 1.12 bits per heavy atom. The van der Waals surface area contributed by atoms with E-state index in [1.165, 1.54) is 5.56 Å². The number of Topliss-reactive ketones (excluding diaryl/α,β-unsaturated/α-hetero) is 1. The Kier molecular flexibility index (Phi) is 6.70. The third kappa shape index (κ3) is 4.52. The van der Waals surface area contributed by atoms with Crippen molar-refractivity contribution in [3.05, 3.63) is 57.8 Å². The summed E-state index contributed by atoms with van der Waals surface area (Å²) in [5.74, 6) is -1.04. The molecule has 0 saturated heterocycles. The highest BCUT2D eigenvalue weighted by atomic mass is 32.1. The van der Waals surface area contributed by atoms with Crippen molar-refractivity contribution in [2.75, 3.05) is 19.6 Å². The Morgan fingerprint density at radius 3 is 2.33 bits per heavy atom. The van der Waals surface area contributed by atoms with E-state index in [2.05, 4.69) is 35.5 Å². The van der Waals surface area contributed by atoms with Crippen molar-refractivity contribution in [1.29, 1.82) is 0 Å². The second kappa shape index (κ2) is 8.76. The zero-order valence-corrected chi connectivity index (χ0v) is 15.2. The number of aryl methyl sites for hydroxylation is 1. The van der Waals surface area contributed by atoms with Gasteiger partial charge in [-0.1, -0.05) is 43.7 Å². The molecule has 2 rings (SSSR count). The summed E-state index contributed by atoms with van der Waals surface area (Å²) in [5.41, 5.74) is 2.66. The number of amides is 1. The van der Waals surface area contributed by atoms with Crippen LogP contribution in [0, 0.1) is 6.92 Å². The van der Waals surface area contributed by atoms with Crippen LogP contribution < -0.4 is 5.32 Å². The molecule has 4 nitrogen and oxygen atoms in total. The quantitative estimate of drug-likeness (QED) is 0.589. The lowest BCUT2D eigenvalue weighted by Crippen LogP contribution is -2.40. The Labute approximate surface area is 147 Å². The highest BCUT2D eigenvalue weighted by Crippen LogP contribution is 2.22. The van der Waals surface area contributed by atoms with Gasteiger partial charge in [-0.05, 0) is 42.4 Å². The van der Waals surface area contributed by atoms with Gasteiger partial charge in [-0.25, -0.2) is 0 Å². The first-order valence-electron chi connectivity index (χ1n) is 8.22. The molecular weight excluding hydrogens is 320 g/mol. The van der Waals surface area contributed by atoms with Crippen molar-refractivity contribution >= 4 is 23.0 Å². The van der Waals surface area contributed by atoms with E-state index in [0.717, 1.165) is 18.7 Å². The van der Waals surface area contributed by atoms with Gasteiger partial charge in [-0.3, -0.25) is 14.5 Å². The first-order chi connectivity index (χ1) is 11.6. The number of carbonyl (C=O) groups excluding carboxylic acids is 2. The smallest absolute Gasteiger partial charge is 0.292 e. The van der Waals surface area contributed by atoms with Gasteiger partial charge in [-0.2, -0.15) is 11.3 Å². The lowest BCUT2D eigenvalue weighted by Gasteiger charge is -2.29. The van der Waals surface area contributed by atoms with Gasteiger partial charge in [-0.15, -0.1) is 0 Å². The molecular formula is C19H24N2O2S. The van der Waals surface area contributed by atoms with E-state index in [1.807, 2.05) is 24.4 Å². The zero-order valence-electron chi connectivity index (χ0n) is 14.4. The summed E-state index contributed by atoms with van der Waals surface area (Å²) < 4.78 is 0. The molecule has 0 spiro atoms. The lowest BCUT2D eigenvalue weighted by molar-refractivity contribution is -0.117. The Balaban J connectivity index is 2.04. The summed E-state index contributed by atoms with van der Waals surface area (Å²) in [4.78, 5) is 26.7. The molecule has 1 atom stereocenters. The maximum atomic E-state index is 12.2. The van der Waals surface area contributed by atoms with Gasteiger partial charge in [0.2, 0.25) is 5.78 Å². The van der Waals surface area contributed by atoms with E-state index < -0.39 is 11.7 Å². The summed E-state index contributed by atoms with van der Waals surface area (Å²) in [5, 5.41) is 6.93. The number of nitrogens with one attached hydrogen (secondary N) is 1. The summed E-state index contributed by atoms with van der Waals surface area (Å²) in [6.07, 6.45) is 0. The van der Waals surface area contributed by atoms with Crippen molar-refractivity contribution in [3.8, 4) is 0 Å². The van der Waals surface area contributed by atoms with Crippen molar-refractivity contribution in [1.82, 2.24) is 10.2 Å². The van der Waals surface area contributed by atoms with E-state index in [4.69, 9.17) is 0 Å². The molecule has 5 heteroatoms. The van der Waals surface area contributed by atoms with Crippen LogP contribution in [0.5, 0.6) is 0 Å². The first kappa shape index (κ1) is 18.4. The molecule has 0 saturated carbocycles. The maximum absolute atomic E-state index is 12.2. The second-order valence-corrected chi connectivity index (χ2v) is 6.48. The highest BCUT2D eigenvalue weighted by molar-refractivity contribution is 7.07. The molecule has 0 bridgehead atoms. The number of likely N-dealkylation sites (N-methyl/N-ethyl adjacent to an activating group) is 1. The van der Waals surface area contributed by atoms with Gasteiger partial charge >= 0.3 is 0 Å². The lowest BCUT2D eigenvalue weighted by atomic mass is 10.1. The summed E-state index contributed by atoms with van der Waals surface area (Å²) in [7, 11) is 0. The van der Waals surface area contributed by atoms with Crippen LogP contribution in [0.1, 0.15) is 41.4 Å². The average molecular weight is 344 g/mol. The van der Waals surface area contributed by atoms with Crippen molar-refractivity contribution < 1.29 is 9.59 Å². The normalized spacial score (nSPS) is 12.2. The van der Waals surface area contributed by atoms with Gasteiger partial charge in [0.1, 0.15) is 0 Å². The Morgan fingerprint density at radius 2 is 1.79 bits per heavy atom. The number of nitrogens with zero attached hydrogens (tertiary/aromatic N) is 1. The van der Waals surface area contributed by atoms with E-state index in [-0.39, 0.29) is 6.04 Å². The molecule has 0 aliphatic carbocycles. The highest BCUT2D eigenvalue weighted by Gasteiger charge is 2.22. The average Bonchev–Trinajstić information content (AvgIpc) is 3.12. The number of ketones is 1. The van der Waals surface area contributed by atoms with Gasteiger partial charge in [0.25, 0.3) is 5.91 Å². The number of hydrogen-bond donors (Lipinski definition) is 1. The van der Waals surface area contributed by atoms with Crippen LogP contribution in [0.25, 0.3) is 0 Å². The molecule has 1 amide bonds. The number of benzene rings is 1. The van der Waals surface area contributed by atoms with Crippen molar-refractivity contribution in [3.63, 3.8) is 0 Å². The van der Waals surface area contributed by atoms with E-state index in [9.17, 15) is 9.59 Å². The monoisotopic (exact) mass is 344 g/mol. The molecule has 1 heterocycles. The SMILES string of the molecule is CCN(CC)[C@@H](CNC(=O)C(=O)c1ccc(C)cc1)c1ccsc1. The molecule has 128 valence electrons. The maximum Gasteiger partial charge on any atom is 0.292 e. The third-order valence-electron chi connectivity index (χ3n) is 4.16. The third-order valence-corrected chi connectivity index (χ3v) is 4.86. The Bertz CT molecular complexity index is 661. The van der Waals surface area contributed by atoms with Crippen LogP contribution in [-0.2, 0) is 4.79 Å². The van der Waals surface area contributed by atoms with Crippen LogP contribution in [0.15, 0.2) is 41.1 Å². The van der Waals surface area contributed by atoms with Gasteiger partial charge in [0, 0.05) is 12.1 Å².